The minimum Gasteiger partial charge on any atom is -0.491 e. The van der Waals surface area contributed by atoms with Crippen molar-refractivity contribution in [2.75, 3.05) is 5.75 Å². The maximum Gasteiger partial charge on any atom is 0.211 e. The van der Waals surface area contributed by atoms with Gasteiger partial charge in [0.05, 0.1) is 11.9 Å². The third-order valence-corrected chi connectivity index (χ3v) is 3.96. The Morgan fingerprint density at radius 3 is 2.39 bits per heavy atom. The van der Waals surface area contributed by atoms with E-state index in [1.807, 2.05) is 45.0 Å². The summed E-state index contributed by atoms with van der Waals surface area (Å²) in [6, 6.07) is 7.18. The molecule has 0 aliphatic heterocycles. The fourth-order valence-corrected chi connectivity index (χ4v) is 2.45. The van der Waals surface area contributed by atoms with E-state index in [2.05, 4.69) is 4.72 Å². The minimum atomic E-state index is -3.22. The number of benzene rings is 1. The summed E-state index contributed by atoms with van der Waals surface area (Å²) in [5.74, 6) is 0.795. The Kier molecular flexibility index (Phi) is 5.16. The Balaban J connectivity index is 2.95. The van der Waals surface area contributed by atoms with Crippen LogP contribution in [0.4, 0.5) is 0 Å². The summed E-state index contributed by atoms with van der Waals surface area (Å²) in [4.78, 5) is 0. The van der Waals surface area contributed by atoms with Crippen molar-refractivity contribution >= 4 is 10.0 Å². The lowest BCUT2D eigenvalue weighted by Gasteiger charge is -2.19. The fraction of sp³-hybridized carbons (Fsp3) is 0.538. The second kappa shape index (κ2) is 6.20. The summed E-state index contributed by atoms with van der Waals surface area (Å²) in [5.41, 5.74) is 0.850. The quantitative estimate of drug-likeness (QED) is 0.864. The van der Waals surface area contributed by atoms with Gasteiger partial charge in [-0.3, -0.25) is 0 Å². The van der Waals surface area contributed by atoms with E-state index in [0.717, 1.165) is 11.3 Å². The van der Waals surface area contributed by atoms with Crippen LogP contribution in [0.3, 0.4) is 0 Å². The summed E-state index contributed by atoms with van der Waals surface area (Å²) in [5, 5.41) is 0. The van der Waals surface area contributed by atoms with Crippen molar-refractivity contribution in [2.24, 2.45) is 0 Å². The molecule has 0 aliphatic rings. The second-order valence-electron chi connectivity index (χ2n) is 4.45. The van der Waals surface area contributed by atoms with Crippen LogP contribution in [-0.2, 0) is 10.0 Å². The van der Waals surface area contributed by atoms with Crippen LogP contribution in [0.15, 0.2) is 24.3 Å². The molecule has 0 unspecified atom stereocenters. The SMILES string of the molecule is CCS(=O)(=O)N[C@@H](C)c1ccccc1OC(C)C. The van der Waals surface area contributed by atoms with Crippen molar-refractivity contribution in [3.8, 4) is 5.75 Å². The number of para-hydroxylation sites is 1. The molecule has 1 N–H and O–H groups in total. The molecule has 1 rings (SSSR count). The zero-order valence-corrected chi connectivity index (χ0v) is 12.1. The molecule has 0 heterocycles. The molecule has 1 atom stereocenters. The van der Waals surface area contributed by atoms with Crippen LogP contribution < -0.4 is 9.46 Å². The topological polar surface area (TPSA) is 55.4 Å². The smallest absolute Gasteiger partial charge is 0.211 e. The molecule has 0 aromatic heterocycles. The van der Waals surface area contributed by atoms with Gasteiger partial charge in [0, 0.05) is 11.6 Å². The number of nitrogens with one attached hydrogen (secondary N) is 1. The largest absolute Gasteiger partial charge is 0.491 e. The first-order valence-electron chi connectivity index (χ1n) is 6.11. The average Bonchev–Trinajstić information content (AvgIpc) is 2.28. The monoisotopic (exact) mass is 271 g/mol. The molecule has 0 bridgehead atoms. The van der Waals surface area contributed by atoms with Gasteiger partial charge in [0.25, 0.3) is 0 Å². The van der Waals surface area contributed by atoms with E-state index in [1.165, 1.54) is 0 Å². The van der Waals surface area contributed by atoms with E-state index in [-0.39, 0.29) is 17.9 Å². The van der Waals surface area contributed by atoms with Crippen LogP contribution in [0.2, 0.25) is 0 Å². The van der Waals surface area contributed by atoms with E-state index in [0.29, 0.717) is 0 Å². The van der Waals surface area contributed by atoms with Crippen molar-refractivity contribution < 1.29 is 13.2 Å². The van der Waals surface area contributed by atoms with Gasteiger partial charge < -0.3 is 4.74 Å². The first-order valence-corrected chi connectivity index (χ1v) is 7.76. The number of hydrogen-bond acceptors (Lipinski definition) is 3. The highest BCUT2D eigenvalue weighted by Gasteiger charge is 2.17. The number of hydrogen-bond donors (Lipinski definition) is 1. The molecule has 5 heteroatoms. The van der Waals surface area contributed by atoms with Crippen LogP contribution >= 0.6 is 0 Å². The minimum absolute atomic E-state index is 0.0566. The normalized spacial score (nSPS) is 13.6. The Morgan fingerprint density at radius 1 is 1.22 bits per heavy atom. The van der Waals surface area contributed by atoms with Crippen molar-refractivity contribution in [3.05, 3.63) is 29.8 Å². The Labute approximate surface area is 109 Å². The summed E-state index contributed by atoms with van der Waals surface area (Å²) >= 11 is 0. The van der Waals surface area contributed by atoms with Crippen LogP contribution in [-0.4, -0.2) is 20.3 Å². The molecule has 1 aromatic rings. The summed E-state index contributed by atoms with van der Waals surface area (Å²) in [6.45, 7) is 7.32. The van der Waals surface area contributed by atoms with Gasteiger partial charge in [0.1, 0.15) is 5.75 Å². The third kappa shape index (κ3) is 4.31. The maximum absolute atomic E-state index is 11.6. The molecule has 0 saturated carbocycles. The molecule has 0 saturated heterocycles. The van der Waals surface area contributed by atoms with Crippen LogP contribution in [0.25, 0.3) is 0 Å². The molecule has 0 radical (unpaired) electrons. The maximum atomic E-state index is 11.6. The lowest BCUT2D eigenvalue weighted by Crippen LogP contribution is -2.28. The van der Waals surface area contributed by atoms with Gasteiger partial charge in [0.15, 0.2) is 0 Å². The average molecular weight is 271 g/mol. The number of ether oxygens (including phenoxy) is 1. The Bertz CT molecular complexity index is 483. The molecule has 0 spiro atoms. The fourth-order valence-electron chi connectivity index (χ4n) is 1.62. The second-order valence-corrected chi connectivity index (χ2v) is 6.49. The molecular weight excluding hydrogens is 250 g/mol. The molecule has 1 aromatic carbocycles. The molecule has 4 nitrogen and oxygen atoms in total. The first kappa shape index (κ1) is 15.0. The Morgan fingerprint density at radius 2 is 1.83 bits per heavy atom. The van der Waals surface area contributed by atoms with E-state index >= 15 is 0 Å². The van der Waals surface area contributed by atoms with Crippen LogP contribution in [0, 0.1) is 0 Å². The zero-order valence-electron chi connectivity index (χ0n) is 11.3. The van der Waals surface area contributed by atoms with Crippen molar-refractivity contribution in [1.82, 2.24) is 4.72 Å². The van der Waals surface area contributed by atoms with Gasteiger partial charge in [-0.1, -0.05) is 18.2 Å². The number of rotatable bonds is 6. The first-order chi connectivity index (χ1) is 8.35. The van der Waals surface area contributed by atoms with Crippen LogP contribution in [0.1, 0.15) is 39.3 Å². The highest BCUT2D eigenvalue weighted by Crippen LogP contribution is 2.26. The van der Waals surface area contributed by atoms with Crippen molar-refractivity contribution in [3.63, 3.8) is 0 Å². The van der Waals surface area contributed by atoms with Gasteiger partial charge in [-0.05, 0) is 33.8 Å². The molecule has 0 fully saturated rings. The van der Waals surface area contributed by atoms with Crippen molar-refractivity contribution in [2.45, 2.75) is 39.8 Å². The lowest BCUT2D eigenvalue weighted by molar-refractivity contribution is 0.238. The van der Waals surface area contributed by atoms with E-state index in [4.69, 9.17) is 4.74 Å². The standard InChI is InChI=1S/C13H21NO3S/c1-5-18(15,16)14-11(4)12-8-6-7-9-13(12)17-10(2)3/h6-11,14H,5H2,1-4H3/t11-/m0/s1. The van der Waals surface area contributed by atoms with Gasteiger partial charge >= 0.3 is 0 Å². The predicted molar refractivity (Wildman–Crippen MR) is 73.2 cm³/mol. The summed E-state index contributed by atoms with van der Waals surface area (Å²) in [6.07, 6.45) is 0.0566. The van der Waals surface area contributed by atoms with E-state index in [9.17, 15) is 8.42 Å². The molecule has 0 amide bonds. The molecule has 0 aliphatic carbocycles. The van der Waals surface area contributed by atoms with Gasteiger partial charge in [-0.2, -0.15) is 0 Å². The van der Waals surface area contributed by atoms with Gasteiger partial charge in [-0.15, -0.1) is 0 Å². The number of sulfonamides is 1. The zero-order chi connectivity index (χ0) is 13.8. The van der Waals surface area contributed by atoms with Crippen molar-refractivity contribution in [1.29, 1.82) is 0 Å². The Hall–Kier alpha value is -1.07. The highest BCUT2D eigenvalue weighted by atomic mass is 32.2. The third-order valence-electron chi connectivity index (χ3n) is 2.48. The summed E-state index contributed by atoms with van der Waals surface area (Å²) in [7, 11) is -3.22. The predicted octanol–water partition coefficient (Wildman–Crippen LogP) is 2.47. The van der Waals surface area contributed by atoms with Gasteiger partial charge in [-0.25, -0.2) is 13.1 Å². The molecule has 18 heavy (non-hydrogen) atoms. The van der Waals surface area contributed by atoms with Crippen LogP contribution in [0.5, 0.6) is 5.75 Å². The lowest BCUT2D eigenvalue weighted by atomic mass is 10.1. The highest BCUT2D eigenvalue weighted by molar-refractivity contribution is 7.89. The molecular formula is C13H21NO3S. The van der Waals surface area contributed by atoms with Gasteiger partial charge in [0.2, 0.25) is 10.0 Å². The molecule has 102 valence electrons. The van der Waals surface area contributed by atoms with E-state index < -0.39 is 10.0 Å². The van der Waals surface area contributed by atoms with E-state index in [1.54, 1.807) is 6.92 Å². The summed E-state index contributed by atoms with van der Waals surface area (Å²) < 4.78 is 31.4.